The lowest BCUT2D eigenvalue weighted by Crippen LogP contribution is -2.39. The quantitative estimate of drug-likeness (QED) is 0.445. The molecular formula is C27H34N4O6. The molecule has 2 aliphatic rings. The molecule has 2 N–H and O–H groups in total. The molecule has 2 aliphatic heterocycles. The molecule has 10 heteroatoms. The first-order chi connectivity index (χ1) is 18.0. The molecule has 0 bridgehead atoms. The normalized spacial score (nSPS) is 17.9. The summed E-state index contributed by atoms with van der Waals surface area (Å²) in [5.41, 5.74) is 1.34. The average Bonchev–Trinajstić information content (AvgIpc) is 3.32. The van der Waals surface area contributed by atoms with E-state index in [0.29, 0.717) is 36.0 Å². The number of benzene rings is 2. The van der Waals surface area contributed by atoms with Crippen molar-refractivity contribution in [3.05, 3.63) is 48.5 Å². The van der Waals surface area contributed by atoms with Gasteiger partial charge in [0.05, 0.1) is 26.2 Å². The maximum Gasteiger partial charge on any atom is 0.262 e. The summed E-state index contributed by atoms with van der Waals surface area (Å²) in [6.45, 7) is 5.11. The van der Waals surface area contributed by atoms with E-state index < -0.39 is 0 Å². The van der Waals surface area contributed by atoms with Gasteiger partial charge in [0.15, 0.2) is 6.61 Å². The molecule has 3 amide bonds. The van der Waals surface area contributed by atoms with Crippen LogP contribution >= 0.6 is 0 Å². The fourth-order valence-corrected chi connectivity index (χ4v) is 4.36. The van der Waals surface area contributed by atoms with Crippen molar-refractivity contribution in [3.8, 4) is 11.5 Å². The number of carbonyl (C=O) groups is 3. The molecule has 37 heavy (non-hydrogen) atoms. The van der Waals surface area contributed by atoms with Gasteiger partial charge in [-0.2, -0.15) is 0 Å². The van der Waals surface area contributed by atoms with E-state index in [4.69, 9.17) is 14.2 Å². The molecule has 0 saturated carbocycles. The minimum atomic E-state index is -0.367. The molecule has 2 aromatic carbocycles. The van der Waals surface area contributed by atoms with Crippen molar-refractivity contribution >= 4 is 29.1 Å². The molecule has 0 radical (unpaired) electrons. The molecule has 2 aromatic rings. The number of anilines is 2. The summed E-state index contributed by atoms with van der Waals surface area (Å²) in [6.07, 6.45) is 1.06. The first kappa shape index (κ1) is 26.4. The van der Waals surface area contributed by atoms with Gasteiger partial charge in [0.2, 0.25) is 11.8 Å². The van der Waals surface area contributed by atoms with Crippen LogP contribution in [0, 0.1) is 5.92 Å². The first-order valence-electron chi connectivity index (χ1n) is 12.6. The average molecular weight is 511 g/mol. The third-order valence-electron chi connectivity index (χ3n) is 6.44. The standard InChI is InChI=1S/C27H34N4O6/c1-35-23-7-3-21(4-8-23)29-25(32)19-37-24-9-5-22(6-10-24)31-18-20(17-26(31)33)27(34)28-11-2-12-30-13-15-36-16-14-30/h3-10,20H,2,11-19H2,1H3,(H,28,34)(H,29,32)/t20-/m1/s1. The van der Waals surface area contributed by atoms with Crippen LogP contribution in [0.2, 0.25) is 0 Å². The van der Waals surface area contributed by atoms with Crippen LogP contribution in [0.5, 0.6) is 11.5 Å². The van der Waals surface area contributed by atoms with E-state index in [1.165, 1.54) is 0 Å². The van der Waals surface area contributed by atoms with Crippen molar-refractivity contribution < 1.29 is 28.6 Å². The van der Waals surface area contributed by atoms with Crippen LogP contribution < -0.4 is 25.0 Å². The predicted octanol–water partition coefficient (Wildman–Crippen LogP) is 1.90. The zero-order chi connectivity index (χ0) is 26.0. The van der Waals surface area contributed by atoms with Crippen LogP contribution in [0.25, 0.3) is 0 Å². The summed E-state index contributed by atoms with van der Waals surface area (Å²) in [7, 11) is 1.58. The molecule has 0 unspecified atom stereocenters. The molecule has 2 saturated heterocycles. The van der Waals surface area contributed by atoms with Crippen molar-refractivity contribution in [3.63, 3.8) is 0 Å². The molecule has 0 aliphatic carbocycles. The Morgan fingerprint density at radius 1 is 1.03 bits per heavy atom. The minimum absolute atomic E-state index is 0.0824. The van der Waals surface area contributed by atoms with Gasteiger partial charge in [0.25, 0.3) is 5.91 Å². The number of morpholine rings is 1. The number of amides is 3. The number of methoxy groups -OCH3 is 1. The van der Waals surface area contributed by atoms with E-state index in [-0.39, 0.29) is 36.7 Å². The Labute approximate surface area is 216 Å². The maximum absolute atomic E-state index is 12.6. The van der Waals surface area contributed by atoms with Gasteiger partial charge in [-0.05, 0) is 61.5 Å². The van der Waals surface area contributed by atoms with Crippen molar-refractivity contribution in [2.45, 2.75) is 12.8 Å². The van der Waals surface area contributed by atoms with Gasteiger partial charge < -0.3 is 29.7 Å². The molecule has 198 valence electrons. The van der Waals surface area contributed by atoms with E-state index in [9.17, 15) is 14.4 Å². The highest BCUT2D eigenvalue weighted by Gasteiger charge is 2.35. The van der Waals surface area contributed by atoms with E-state index in [1.807, 2.05) is 0 Å². The minimum Gasteiger partial charge on any atom is -0.497 e. The fourth-order valence-electron chi connectivity index (χ4n) is 4.36. The number of hydrogen-bond acceptors (Lipinski definition) is 7. The zero-order valence-corrected chi connectivity index (χ0v) is 21.1. The Bertz CT molecular complexity index is 1050. The van der Waals surface area contributed by atoms with Crippen molar-refractivity contribution in [2.24, 2.45) is 5.92 Å². The number of carbonyl (C=O) groups excluding carboxylic acids is 3. The Morgan fingerprint density at radius 2 is 1.73 bits per heavy atom. The van der Waals surface area contributed by atoms with Gasteiger partial charge in [-0.25, -0.2) is 0 Å². The molecule has 4 rings (SSSR count). The van der Waals surface area contributed by atoms with Gasteiger partial charge >= 0.3 is 0 Å². The number of nitrogens with one attached hydrogen (secondary N) is 2. The van der Waals surface area contributed by atoms with Crippen LogP contribution in [-0.2, 0) is 19.1 Å². The fraction of sp³-hybridized carbons (Fsp3) is 0.444. The molecule has 2 fully saturated rings. The summed E-state index contributed by atoms with van der Waals surface area (Å²) in [4.78, 5) is 41.3. The molecule has 2 heterocycles. The highest BCUT2D eigenvalue weighted by molar-refractivity contribution is 6.00. The Balaban J connectivity index is 1.18. The number of hydrogen-bond donors (Lipinski definition) is 2. The Kier molecular flexibility index (Phi) is 9.34. The largest absolute Gasteiger partial charge is 0.497 e. The topological polar surface area (TPSA) is 109 Å². The number of ether oxygens (including phenoxy) is 3. The SMILES string of the molecule is COc1ccc(NC(=O)COc2ccc(N3C[C@H](C(=O)NCCCN4CCOCC4)CC3=O)cc2)cc1. The summed E-state index contributed by atoms with van der Waals surface area (Å²) in [5.74, 6) is 0.393. The highest BCUT2D eigenvalue weighted by Crippen LogP contribution is 2.27. The van der Waals surface area contributed by atoms with E-state index in [1.54, 1.807) is 60.5 Å². The lowest BCUT2D eigenvalue weighted by atomic mass is 10.1. The summed E-state index contributed by atoms with van der Waals surface area (Å²) in [6, 6.07) is 14.0. The Hall–Kier alpha value is -3.63. The van der Waals surface area contributed by atoms with E-state index in [2.05, 4.69) is 15.5 Å². The van der Waals surface area contributed by atoms with Gasteiger partial charge in [0, 0.05) is 44.0 Å². The van der Waals surface area contributed by atoms with E-state index >= 15 is 0 Å². The second kappa shape index (κ2) is 13.1. The van der Waals surface area contributed by atoms with Crippen molar-refractivity contribution in [1.82, 2.24) is 10.2 Å². The maximum atomic E-state index is 12.6. The molecular weight excluding hydrogens is 476 g/mol. The summed E-state index contributed by atoms with van der Waals surface area (Å²) in [5, 5.41) is 5.73. The first-order valence-corrected chi connectivity index (χ1v) is 12.6. The third-order valence-corrected chi connectivity index (χ3v) is 6.44. The van der Waals surface area contributed by atoms with Crippen LogP contribution in [-0.4, -0.2) is 82.3 Å². The van der Waals surface area contributed by atoms with E-state index in [0.717, 1.165) is 39.3 Å². The third kappa shape index (κ3) is 7.68. The van der Waals surface area contributed by atoms with Gasteiger partial charge in [0.1, 0.15) is 11.5 Å². The van der Waals surface area contributed by atoms with Crippen LogP contribution in [0.4, 0.5) is 11.4 Å². The Morgan fingerprint density at radius 3 is 2.43 bits per heavy atom. The molecule has 0 spiro atoms. The summed E-state index contributed by atoms with van der Waals surface area (Å²) < 4.78 is 16.0. The second-order valence-electron chi connectivity index (χ2n) is 9.06. The number of rotatable bonds is 11. The second-order valence-corrected chi connectivity index (χ2v) is 9.06. The number of nitrogens with zero attached hydrogens (tertiary/aromatic N) is 2. The van der Waals surface area contributed by atoms with Crippen molar-refractivity contribution in [1.29, 1.82) is 0 Å². The van der Waals surface area contributed by atoms with Crippen LogP contribution in [0.15, 0.2) is 48.5 Å². The van der Waals surface area contributed by atoms with Gasteiger partial charge in [-0.3, -0.25) is 19.3 Å². The smallest absolute Gasteiger partial charge is 0.262 e. The monoisotopic (exact) mass is 510 g/mol. The highest BCUT2D eigenvalue weighted by atomic mass is 16.5. The zero-order valence-electron chi connectivity index (χ0n) is 21.1. The van der Waals surface area contributed by atoms with Gasteiger partial charge in [-0.1, -0.05) is 0 Å². The van der Waals surface area contributed by atoms with Gasteiger partial charge in [-0.15, -0.1) is 0 Å². The predicted molar refractivity (Wildman–Crippen MR) is 139 cm³/mol. The molecule has 0 aromatic heterocycles. The summed E-state index contributed by atoms with van der Waals surface area (Å²) >= 11 is 0. The lowest BCUT2D eigenvalue weighted by molar-refractivity contribution is -0.126. The molecule has 10 nitrogen and oxygen atoms in total. The lowest BCUT2D eigenvalue weighted by Gasteiger charge is -2.26. The van der Waals surface area contributed by atoms with Crippen LogP contribution in [0.1, 0.15) is 12.8 Å². The van der Waals surface area contributed by atoms with Crippen molar-refractivity contribution in [2.75, 3.05) is 69.9 Å². The molecule has 1 atom stereocenters. The van der Waals surface area contributed by atoms with Crippen LogP contribution in [0.3, 0.4) is 0 Å².